The Hall–Kier alpha value is -2.28. The number of rotatable bonds is 5. The highest BCUT2D eigenvalue weighted by Crippen LogP contribution is 2.26. The average Bonchev–Trinajstić information content (AvgIpc) is 3.02. The molecule has 1 aliphatic rings. The molecule has 1 aliphatic heterocycles. The molecule has 1 aromatic heterocycles. The van der Waals surface area contributed by atoms with E-state index in [1.54, 1.807) is 7.11 Å². The Bertz CT molecular complexity index is 807. The molecule has 1 aromatic carbocycles. The molecule has 27 heavy (non-hydrogen) atoms. The Labute approximate surface area is 158 Å². The molecule has 3 rings (SSSR count). The van der Waals surface area contributed by atoms with Gasteiger partial charge in [0.25, 0.3) is 0 Å². The van der Waals surface area contributed by atoms with E-state index in [1.165, 1.54) is 12.1 Å². The Kier molecular flexibility index (Phi) is 5.60. The number of benzene rings is 1. The minimum absolute atomic E-state index is 0.118. The zero-order valence-electron chi connectivity index (χ0n) is 16.2. The largest absolute Gasteiger partial charge is 0.378 e. The maximum Gasteiger partial charge on any atom is 0.149 e. The van der Waals surface area contributed by atoms with Gasteiger partial charge in [-0.05, 0) is 18.6 Å². The predicted octanol–water partition coefficient (Wildman–Crippen LogP) is 3.89. The smallest absolute Gasteiger partial charge is 0.149 e. The fraction of sp³-hybridized carbons (Fsp3) is 0.500. The van der Waals surface area contributed by atoms with E-state index in [0.717, 1.165) is 29.8 Å². The third-order valence-corrected chi connectivity index (χ3v) is 4.53. The number of nitrogens with zero attached hydrogens (tertiary/aromatic N) is 3. The van der Waals surface area contributed by atoms with Crippen molar-refractivity contribution in [1.82, 2.24) is 9.97 Å². The molecule has 7 heteroatoms. The van der Waals surface area contributed by atoms with Crippen molar-refractivity contribution in [3.8, 4) is 0 Å². The van der Waals surface area contributed by atoms with E-state index in [1.807, 2.05) is 11.0 Å². The van der Waals surface area contributed by atoms with E-state index in [2.05, 4.69) is 36.1 Å². The molecule has 5 nitrogen and oxygen atoms in total. The van der Waals surface area contributed by atoms with E-state index >= 15 is 0 Å². The molecule has 0 saturated carbocycles. The van der Waals surface area contributed by atoms with Gasteiger partial charge in [-0.15, -0.1) is 0 Å². The molecule has 1 saturated heterocycles. The molecule has 0 amide bonds. The van der Waals surface area contributed by atoms with Crippen LogP contribution >= 0.6 is 0 Å². The molecular weight excluding hydrogens is 350 g/mol. The SMILES string of the molecule is COCc1cc(NC2CCN(c3ccc(F)cc3F)C2)nc(C(C)(C)C)n1. The number of hydrogen-bond acceptors (Lipinski definition) is 5. The van der Waals surface area contributed by atoms with Crippen molar-refractivity contribution in [1.29, 1.82) is 0 Å². The zero-order valence-corrected chi connectivity index (χ0v) is 16.2. The Balaban J connectivity index is 1.75. The standard InChI is InChI=1S/C20H26F2N4O/c1-20(2,3)19-24-15(12-27-4)10-18(25-19)23-14-7-8-26(11-14)17-6-5-13(21)9-16(17)22/h5-6,9-10,14H,7-8,11-12H2,1-4H3,(H,23,24,25). The van der Waals surface area contributed by atoms with Gasteiger partial charge in [-0.2, -0.15) is 0 Å². The highest BCUT2D eigenvalue weighted by Gasteiger charge is 2.26. The van der Waals surface area contributed by atoms with Crippen LogP contribution < -0.4 is 10.2 Å². The van der Waals surface area contributed by atoms with Crippen LogP contribution in [0.15, 0.2) is 24.3 Å². The van der Waals surface area contributed by atoms with Crippen molar-refractivity contribution in [3.63, 3.8) is 0 Å². The monoisotopic (exact) mass is 376 g/mol. The molecule has 1 unspecified atom stereocenters. The molecular formula is C20H26F2N4O. The molecule has 2 aromatic rings. The van der Waals surface area contributed by atoms with Crippen LogP contribution in [0.4, 0.5) is 20.3 Å². The van der Waals surface area contributed by atoms with Gasteiger partial charge in [-0.25, -0.2) is 18.7 Å². The first-order chi connectivity index (χ1) is 12.8. The molecule has 1 N–H and O–H groups in total. The van der Waals surface area contributed by atoms with E-state index in [0.29, 0.717) is 25.4 Å². The summed E-state index contributed by atoms with van der Waals surface area (Å²) in [5.74, 6) is 0.397. The lowest BCUT2D eigenvalue weighted by Gasteiger charge is -2.22. The molecule has 0 bridgehead atoms. The number of nitrogens with one attached hydrogen (secondary N) is 1. The molecule has 0 radical (unpaired) electrons. The van der Waals surface area contributed by atoms with Gasteiger partial charge in [-0.3, -0.25) is 0 Å². The van der Waals surface area contributed by atoms with Crippen molar-refractivity contribution in [2.75, 3.05) is 30.4 Å². The van der Waals surface area contributed by atoms with E-state index in [4.69, 9.17) is 4.74 Å². The Morgan fingerprint density at radius 1 is 1.22 bits per heavy atom. The average molecular weight is 376 g/mol. The lowest BCUT2D eigenvalue weighted by atomic mass is 9.95. The minimum Gasteiger partial charge on any atom is -0.378 e. The predicted molar refractivity (Wildman–Crippen MR) is 102 cm³/mol. The van der Waals surface area contributed by atoms with Gasteiger partial charge in [0.1, 0.15) is 23.3 Å². The van der Waals surface area contributed by atoms with Crippen LogP contribution in [0.25, 0.3) is 0 Å². The number of halogens is 2. The van der Waals surface area contributed by atoms with E-state index in [-0.39, 0.29) is 11.5 Å². The summed E-state index contributed by atoms with van der Waals surface area (Å²) in [5, 5.41) is 3.44. The second kappa shape index (κ2) is 7.76. The number of ether oxygens (including phenoxy) is 1. The molecule has 0 spiro atoms. The van der Waals surface area contributed by atoms with Crippen LogP contribution in [0.5, 0.6) is 0 Å². The van der Waals surface area contributed by atoms with Crippen LogP contribution in [-0.4, -0.2) is 36.2 Å². The number of anilines is 2. The number of hydrogen-bond donors (Lipinski definition) is 1. The summed E-state index contributed by atoms with van der Waals surface area (Å²) in [6.07, 6.45) is 0.839. The molecule has 146 valence electrons. The Morgan fingerprint density at radius 2 is 2.00 bits per heavy atom. The van der Waals surface area contributed by atoms with Gasteiger partial charge < -0.3 is 15.0 Å². The van der Waals surface area contributed by atoms with E-state index in [9.17, 15) is 8.78 Å². The second-order valence-corrected chi connectivity index (χ2v) is 7.92. The van der Waals surface area contributed by atoms with Crippen molar-refractivity contribution < 1.29 is 13.5 Å². The summed E-state index contributed by atoms with van der Waals surface area (Å²) in [6.45, 7) is 7.93. The van der Waals surface area contributed by atoms with Gasteiger partial charge >= 0.3 is 0 Å². The maximum absolute atomic E-state index is 14.0. The van der Waals surface area contributed by atoms with Gasteiger partial charge in [-0.1, -0.05) is 20.8 Å². The van der Waals surface area contributed by atoms with Gasteiger partial charge in [0.2, 0.25) is 0 Å². The first-order valence-electron chi connectivity index (χ1n) is 9.10. The molecule has 1 fully saturated rings. The molecule has 2 heterocycles. The van der Waals surface area contributed by atoms with Crippen LogP contribution in [0.3, 0.4) is 0 Å². The topological polar surface area (TPSA) is 50.3 Å². The first-order valence-corrected chi connectivity index (χ1v) is 9.10. The number of aromatic nitrogens is 2. The second-order valence-electron chi connectivity index (χ2n) is 7.92. The van der Waals surface area contributed by atoms with Crippen LogP contribution in [-0.2, 0) is 16.8 Å². The summed E-state index contributed by atoms with van der Waals surface area (Å²) < 4.78 is 32.4. The highest BCUT2D eigenvalue weighted by atomic mass is 19.1. The van der Waals surface area contributed by atoms with Crippen molar-refractivity contribution in [2.24, 2.45) is 0 Å². The normalized spacial score (nSPS) is 17.4. The van der Waals surface area contributed by atoms with Gasteiger partial charge in [0.05, 0.1) is 18.0 Å². The lowest BCUT2D eigenvalue weighted by Crippen LogP contribution is -2.27. The minimum atomic E-state index is -0.563. The molecule has 0 aliphatic carbocycles. The van der Waals surface area contributed by atoms with Crippen molar-refractivity contribution in [3.05, 3.63) is 47.4 Å². The number of methoxy groups -OCH3 is 1. The van der Waals surface area contributed by atoms with Crippen molar-refractivity contribution >= 4 is 11.5 Å². The highest BCUT2D eigenvalue weighted by molar-refractivity contribution is 5.50. The third-order valence-electron chi connectivity index (χ3n) is 4.53. The Morgan fingerprint density at radius 3 is 2.67 bits per heavy atom. The van der Waals surface area contributed by atoms with E-state index < -0.39 is 11.6 Å². The maximum atomic E-state index is 14.0. The van der Waals surface area contributed by atoms with Crippen LogP contribution in [0.2, 0.25) is 0 Å². The lowest BCUT2D eigenvalue weighted by molar-refractivity contribution is 0.181. The van der Waals surface area contributed by atoms with Gasteiger partial charge in [0, 0.05) is 43.8 Å². The van der Waals surface area contributed by atoms with Crippen LogP contribution in [0, 0.1) is 11.6 Å². The molecule has 1 atom stereocenters. The first kappa shape index (κ1) is 19.5. The van der Waals surface area contributed by atoms with Crippen LogP contribution in [0.1, 0.15) is 38.7 Å². The zero-order chi connectivity index (χ0) is 19.6. The third kappa shape index (κ3) is 4.71. The summed E-state index contributed by atoms with van der Waals surface area (Å²) >= 11 is 0. The van der Waals surface area contributed by atoms with Gasteiger partial charge in [0.15, 0.2) is 0 Å². The summed E-state index contributed by atoms with van der Waals surface area (Å²) in [7, 11) is 1.64. The van der Waals surface area contributed by atoms with Crippen molar-refractivity contribution in [2.45, 2.75) is 45.3 Å². The summed E-state index contributed by atoms with van der Waals surface area (Å²) in [4.78, 5) is 11.2. The quantitative estimate of drug-likeness (QED) is 0.858. The summed E-state index contributed by atoms with van der Waals surface area (Å²) in [5.41, 5.74) is 1.07. The fourth-order valence-electron chi connectivity index (χ4n) is 3.17. The summed E-state index contributed by atoms with van der Waals surface area (Å²) in [6, 6.07) is 5.71. The fourth-order valence-corrected chi connectivity index (χ4v) is 3.17.